The van der Waals surface area contributed by atoms with Gasteiger partial charge in [-0.05, 0) is 11.1 Å². The Labute approximate surface area is 122 Å². The summed E-state index contributed by atoms with van der Waals surface area (Å²) in [5.74, 6) is 0. The number of carboxylic acid groups (broad SMARTS) is 1. The van der Waals surface area contributed by atoms with Gasteiger partial charge in [0, 0.05) is 29.6 Å². The summed E-state index contributed by atoms with van der Waals surface area (Å²) >= 11 is 0. The Hall–Kier alpha value is -1.80. The summed E-state index contributed by atoms with van der Waals surface area (Å²) in [5.41, 5.74) is 1.99. The maximum atomic E-state index is 11.2. The molecule has 0 atom stereocenters. The molecule has 1 N–H and O–H groups in total. The number of carbonyl (C=O) groups is 1. The van der Waals surface area contributed by atoms with E-state index in [1.54, 1.807) is 0 Å². The maximum absolute atomic E-state index is 11.2. The van der Waals surface area contributed by atoms with Crippen LogP contribution >= 0.6 is 0 Å². The molecule has 102 valence electrons. The molecule has 0 heterocycles. The van der Waals surface area contributed by atoms with Gasteiger partial charge in [0.05, 0.1) is 0 Å². The fourth-order valence-electron chi connectivity index (χ4n) is 1.80. The molecule has 0 radical (unpaired) electrons. The predicted molar refractivity (Wildman–Crippen MR) is 70.2 cm³/mol. The molecule has 3 nitrogen and oxygen atoms in total. The zero-order valence-electron chi connectivity index (χ0n) is 10.3. The summed E-state index contributed by atoms with van der Waals surface area (Å²) in [6, 6.07) is 19.2. The summed E-state index contributed by atoms with van der Waals surface area (Å²) in [6.45, 7) is 0.816. The van der Waals surface area contributed by atoms with Gasteiger partial charge in [0.2, 0.25) is 0 Å². The number of amides is 1. The first-order chi connectivity index (χ1) is 8.75. The van der Waals surface area contributed by atoms with Crippen LogP contribution in [0.5, 0.6) is 0 Å². The number of hydrogen-bond donors (Lipinski definition) is 1. The molecule has 0 aromatic heterocycles. The predicted octanol–water partition coefficient (Wildman–Crippen LogP) is 3.36. The molecule has 2 rings (SSSR count). The van der Waals surface area contributed by atoms with E-state index in [4.69, 9.17) is 0 Å². The van der Waals surface area contributed by atoms with Crippen LogP contribution in [0.3, 0.4) is 0 Å². The molecule has 0 aliphatic rings. The normalized spacial score (nSPS) is 9.47. The second-order valence-corrected chi connectivity index (χ2v) is 4.11. The van der Waals surface area contributed by atoms with Crippen LogP contribution < -0.4 is 0 Å². The smallest absolute Gasteiger partial charge is 0.407 e. The largest absolute Gasteiger partial charge is 0.465 e. The van der Waals surface area contributed by atoms with E-state index in [0.29, 0.717) is 13.1 Å². The number of benzene rings is 2. The Morgan fingerprint density at radius 2 is 1.21 bits per heavy atom. The standard InChI is InChI=1S/C15H15NO2.Ni/c17-15(18)16(11-13-7-3-1-4-8-13)12-14-9-5-2-6-10-14;/h1-10H,11-12H2,(H,17,18);. The molecule has 0 aliphatic carbocycles. The molecule has 4 heteroatoms. The van der Waals surface area contributed by atoms with Crippen LogP contribution in [-0.4, -0.2) is 16.1 Å². The van der Waals surface area contributed by atoms with Crippen molar-refractivity contribution in [1.29, 1.82) is 0 Å². The van der Waals surface area contributed by atoms with E-state index in [0.717, 1.165) is 11.1 Å². The molecule has 0 spiro atoms. The number of nitrogens with zero attached hydrogens (tertiary/aromatic N) is 1. The van der Waals surface area contributed by atoms with Crippen LogP contribution in [0.15, 0.2) is 60.7 Å². The minimum absolute atomic E-state index is 0. The zero-order valence-corrected chi connectivity index (χ0v) is 11.3. The van der Waals surface area contributed by atoms with Crippen molar-refractivity contribution in [2.75, 3.05) is 0 Å². The summed E-state index contributed by atoms with van der Waals surface area (Å²) in [5, 5.41) is 9.22. The van der Waals surface area contributed by atoms with E-state index < -0.39 is 6.09 Å². The number of hydrogen-bond acceptors (Lipinski definition) is 1. The number of rotatable bonds is 4. The summed E-state index contributed by atoms with van der Waals surface area (Å²) in [6.07, 6.45) is -0.900. The Bertz CT molecular complexity index is 461. The van der Waals surface area contributed by atoms with Crippen molar-refractivity contribution >= 4 is 6.09 Å². The van der Waals surface area contributed by atoms with E-state index in [1.165, 1.54) is 4.90 Å². The van der Waals surface area contributed by atoms with Crippen molar-refractivity contribution in [3.8, 4) is 0 Å². The van der Waals surface area contributed by atoms with Crippen molar-refractivity contribution in [2.45, 2.75) is 13.1 Å². The summed E-state index contributed by atoms with van der Waals surface area (Å²) in [7, 11) is 0. The van der Waals surface area contributed by atoms with Gasteiger partial charge in [0.15, 0.2) is 0 Å². The van der Waals surface area contributed by atoms with Gasteiger partial charge in [-0.3, -0.25) is 4.90 Å². The molecule has 19 heavy (non-hydrogen) atoms. The molecule has 0 saturated carbocycles. The molecule has 0 saturated heterocycles. The zero-order chi connectivity index (χ0) is 12.8. The molecule has 2 aromatic rings. The third-order valence-electron chi connectivity index (χ3n) is 2.70. The Balaban J connectivity index is 0.00000180. The van der Waals surface area contributed by atoms with Crippen LogP contribution in [0, 0.1) is 0 Å². The fourth-order valence-corrected chi connectivity index (χ4v) is 1.80. The molecular weight excluding hydrogens is 285 g/mol. The molecular formula is C15H15NNiO2. The average molecular weight is 300 g/mol. The average Bonchev–Trinajstić information content (AvgIpc) is 2.40. The van der Waals surface area contributed by atoms with Gasteiger partial charge in [0.1, 0.15) is 0 Å². The van der Waals surface area contributed by atoms with Crippen LogP contribution in [0.25, 0.3) is 0 Å². The van der Waals surface area contributed by atoms with Crippen LogP contribution in [0.4, 0.5) is 4.79 Å². The van der Waals surface area contributed by atoms with Gasteiger partial charge in [-0.1, -0.05) is 60.7 Å². The molecule has 0 fully saturated rings. The van der Waals surface area contributed by atoms with Gasteiger partial charge in [-0.15, -0.1) is 0 Å². The fraction of sp³-hybridized carbons (Fsp3) is 0.133. The van der Waals surface area contributed by atoms with E-state index in [1.807, 2.05) is 60.7 Å². The van der Waals surface area contributed by atoms with E-state index >= 15 is 0 Å². The van der Waals surface area contributed by atoms with Crippen molar-refractivity contribution in [2.24, 2.45) is 0 Å². The van der Waals surface area contributed by atoms with E-state index in [9.17, 15) is 9.90 Å². The van der Waals surface area contributed by atoms with Crippen molar-refractivity contribution in [3.63, 3.8) is 0 Å². The first-order valence-electron chi connectivity index (χ1n) is 5.81. The first-order valence-corrected chi connectivity index (χ1v) is 5.81. The van der Waals surface area contributed by atoms with Crippen LogP contribution in [0.1, 0.15) is 11.1 Å². The SMILES string of the molecule is O=C(O)N(Cc1ccccc1)Cc1ccccc1.[Ni]. The second-order valence-electron chi connectivity index (χ2n) is 4.11. The molecule has 2 aromatic carbocycles. The first kappa shape index (κ1) is 15.3. The minimum Gasteiger partial charge on any atom is -0.465 e. The maximum Gasteiger partial charge on any atom is 0.407 e. The van der Waals surface area contributed by atoms with Crippen molar-refractivity contribution < 1.29 is 26.4 Å². The van der Waals surface area contributed by atoms with Gasteiger partial charge < -0.3 is 5.11 Å². The second kappa shape index (κ2) is 7.60. The molecule has 0 unspecified atom stereocenters. The third kappa shape index (κ3) is 4.76. The van der Waals surface area contributed by atoms with Crippen molar-refractivity contribution in [1.82, 2.24) is 4.90 Å². The Kier molecular flexibility index (Phi) is 6.10. The Morgan fingerprint density at radius 1 is 0.842 bits per heavy atom. The van der Waals surface area contributed by atoms with Gasteiger partial charge >= 0.3 is 6.09 Å². The van der Waals surface area contributed by atoms with E-state index in [-0.39, 0.29) is 16.5 Å². The Morgan fingerprint density at radius 3 is 1.53 bits per heavy atom. The van der Waals surface area contributed by atoms with Crippen LogP contribution in [0.2, 0.25) is 0 Å². The summed E-state index contributed by atoms with van der Waals surface area (Å²) < 4.78 is 0. The van der Waals surface area contributed by atoms with Gasteiger partial charge in [0.25, 0.3) is 0 Å². The molecule has 1 amide bonds. The third-order valence-corrected chi connectivity index (χ3v) is 2.70. The van der Waals surface area contributed by atoms with Gasteiger partial charge in [-0.2, -0.15) is 0 Å². The quantitative estimate of drug-likeness (QED) is 0.880. The molecule has 0 aliphatic heterocycles. The van der Waals surface area contributed by atoms with Crippen molar-refractivity contribution in [3.05, 3.63) is 71.8 Å². The summed E-state index contributed by atoms with van der Waals surface area (Å²) in [4.78, 5) is 12.6. The van der Waals surface area contributed by atoms with Crippen LogP contribution in [-0.2, 0) is 29.6 Å². The molecule has 0 bridgehead atoms. The monoisotopic (exact) mass is 299 g/mol. The van der Waals surface area contributed by atoms with Gasteiger partial charge in [-0.25, -0.2) is 4.79 Å². The topological polar surface area (TPSA) is 40.5 Å². The van der Waals surface area contributed by atoms with E-state index in [2.05, 4.69) is 0 Å². The minimum atomic E-state index is -0.900.